The van der Waals surface area contributed by atoms with Crippen LogP contribution in [0.2, 0.25) is 0 Å². The van der Waals surface area contributed by atoms with Gasteiger partial charge in [-0.15, -0.1) is 11.3 Å². The lowest BCUT2D eigenvalue weighted by Crippen LogP contribution is -2.39. The molecular weight excluding hydrogens is 266 g/mol. The number of aryl methyl sites for hydroxylation is 1. The minimum Gasteiger partial charge on any atom is -0.382 e. The Labute approximate surface area is 125 Å². The number of hydrogen-bond donors (Lipinski definition) is 1. The molecule has 3 rings (SSSR count). The Bertz CT molecular complexity index is 592. The molecule has 1 aromatic heterocycles. The van der Waals surface area contributed by atoms with Crippen molar-refractivity contribution in [2.75, 3.05) is 25.5 Å². The standard InChI is InChI=1S/C16H23N3S/c1-11(13-5-4-8-19(3)10-13)17-14-6-7-15-16(9-14)20-12(2)18-15/h6-7,9,11,13,17H,4-5,8,10H2,1-3H3. The van der Waals surface area contributed by atoms with Gasteiger partial charge in [-0.1, -0.05) is 0 Å². The van der Waals surface area contributed by atoms with Crippen molar-refractivity contribution in [3.05, 3.63) is 23.2 Å². The molecule has 0 amide bonds. The molecule has 2 heterocycles. The summed E-state index contributed by atoms with van der Waals surface area (Å²) in [5.41, 5.74) is 2.34. The SMILES string of the molecule is Cc1nc2ccc(NC(C)C3CCCN(C)C3)cc2s1. The molecule has 0 saturated carbocycles. The van der Waals surface area contributed by atoms with Gasteiger partial charge in [-0.05, 0) is 64.4 Å². The van der Waals surface area contributed by atoms with E-state index in [-0.39, 0.29) is 0 Å². The molecule has 3 nitrogen and oxygen atoms in total. The van der Waals surface area contributed by atoms with Gasteiger partial charge in [0.1, 0.15) is 0 Å². The highest BCUT2D eigenvalue weighted by Crippen LogP contribution is 2.27. The van der Waals surface area contributed by atoms with Crippen LogP contribution in [0.4, 0.5) is 5.69 Å². The minimum atomic E-state index is 0.518. The first-order valence-electron chi connectivity index (χ1n) is 7.44. The topological polar surface area (TPSA) is 28.2 Å². The average Bonchev–Trinajstić information content (AvgIpc) is 2.78. The summed E-state index contributed by atoms with van der Waals surface area (Å²) in [6.45, 7) is 6.83. The Morgan fingerprint density at radius 2 is 2.30 bits per heavy atom. The Hall–Kier alpha value is -1.13. The second-order valence-electron chi connectivity index (χ2n) is 6.01. The molecule has 1 N–H and O–H groups in total. The van der Waals surface area contributed by atoms with Crippen LogP contribution in [0.3, 0.4) is 0 Å². The van der Waals surface area contributed by atoms with Gasteiger partial charge in [-0.2, -0.15) is 0 Å². The van der Waals surface area contributed by atoms with Gasteiger partial charge in [-0.3, -0.25) is 0 Å². The fourth-order valence-electron chi connectivity index (χ4n) is 3.12. The van der Waals surface area contributed by atoms with Crippen LogP contribution in [-0.2, 0) is 0 Å². The number of nitrogens with zero attached hydrogens (tertiary/aromatic N) is 2. The molecule has 1 aliphatic rings. The highest BCUT2D eigenvalue weighted by Gasteiger charge is 2.22. The van der Waals surface area contributed by atoms with E-state index in [1.165, 1.54) is 36.3 Å². The van der Waals surface area contributed by atoms with Crippen LogP contribution in [0.15, 0.2) is 18.2 Å². The molecule has 0 spiro atoms. The molecular formula is C16H23N3S. The highest BCUT2D eigenvalue weighted by atomic mass is 32.1. The third-order valence-electron chi connectivity index (χ3n) is 4.26. The minimum absolute atomic E-state index is 0.518. The number of fused-ring (bicyclic) bond motifs is 1. The predicted octanol–water partition coefficient (Wildman–Crippen LogP) is 3.75. The molecule has 2 aromatic rings. The Balaban J connectivity index is 1.71. The smallest absolute Gasteiger partial charge is 0.0907 e. The zero-order chi connectivity index (χ0) is 14.1. The van der Waals surface area contributed by atoms with Gasteiger partial charge >= 0.3 is 0 Å². The second kappa shape index (κ2) is 5.70. The number of benzene rings is 1. The average molecular weight is 289 g/mol. The molecule has 2 atom stereocenters. The van der Waals surface area contributed by atoms with E-state index in [0.717, 1.165) is 16.4 Å². The molecule has 0 bridgehead atoms. The van der Waals surface area contributed by atoms with Crippen molar-refractivity contribution in [2.24, 2.45) is 5.92 Å². The van der Waals surface area contributed by atoms with Crippen molar-refractivity contribution in [2.45, 2.75) is 32.7 Å². The molecule has 4 heteroatoms. The van der Waals surface area contributed by atoms with E-state index < -0.39 is 0 Å². The molecule has 0 radical (unpaired) electrons. The lowest BCUT2D eigenvalue weighted by molar-refractivity contribution is 0.197. The highest BCUT2D eigenvalue weighted by molar-refractivity contribution is 7.18. The number of rotatable bonds is 3. The van der Waals surface area contributed by atoms with Gasteiger partial charge in [-0.25, -0.2) is 4.98 Å². The van der Waals surface area contributed by atoms with Crippen LogP contribution in [0.25, 0.3) is 10.2 Å². The van der Waals surface area contributed by atoms with Crippen LogP contribution in [0.1, 0.15) is 24.8 Å². The zero-order valence-corrected chi connectivity index (χ0v) is 13.3. The summed E-state index contributed by atoms with van der Waals surface area (Å²) in [5.74, 6) is 0.743. The van der Waals surface area contributed by atoms with Gasteiger partial charge < -0.3 is 10.2 Å². The normalized spacial score (nSPS) is 22.1. The van der Waals surface area contributed by atoms with Crippen LogP contribution >= 0.6 is 11.3 Å². The van der Waals surface area contributed by atoms with E-state index >= 15 is 0 Å². The van der Waals surface area contributed by atoms with Crippen molar-refractivity contribution < 1.29 is 0 Å². The number of thiazole rings is 1. The molecule has 1 aliphatic heterocycles. The maximum atomic E-state index is 4.52. The Morgan fingerprint density at radius 3 is 3.10 bits per heavy atom. The first-order chi connectivity index (χ1) is 9.61. The molecule has 108 valence electrons. The number of aromatic nitrogens is 1. The summed E-state index contributed by atoms with van der Waals surface area (Å²) in [4.78, 5) is 6.96. The van der Waals surface area contributed by atoms with Gasteiger partial charge in [0.25, 0.3) is 0 Å². The number of piperidine rings is 1. The zero-order valence-electron chi connectivity index (χ0n) is 12.5. The molecule has 1 aromatic carbocycles. The first-order valence-corrected chi connectivity index (χ1v) is 8.26. The number of nitrogens with one attached hydrogen (secondary N) is 1. The maximum absolute atomic E-state index is 4.52. The predicted molar refractivity (Wildman–Crippen MR) is 87.7 cm³/mol. The first kappa shape index (κ1) is 13.8. The fraction of sp³-hybridized carbons (Fsp3) is 0.562. The van der Waals surface area contributed by atoms with Crippen molar-refractivity contribution in [1.29, 1.82) is 0 Å². The summed E-state index contributed by atoms with van der Waals surface area (Å²) in [7, 11) is 2.23. The van der Waals surface area contributed by atoms with E-state index in [2.05, 4.69) is 54.3 Å². The molecule has 1 saturated heterocycles. The van der Waals surface area contributed by atoms with E-state index in [1.807, 2.05) is 0 Å². The summed E-state index contributed by atoms with van der Waals surface area (Å²) in [6.07, 6.45) is 2.65. The summed E-state index contributed by atoms with van der Waals surface area (Å²) < 4.78 is 1.28. The maximum Gasteiger partial charge on any atom is 0.0907 e. The number of hydrogen-bond acceptors (Lipinski definition) is 4. The monoisotopic (exact) mass is 289 g/mol. The van der Waals surface area contributed by atoms with Crippen molar-refractivity contribution >= 4 is 27.2 Å². The van der Waals surface area contributed by atoms with E-state index in [0.29, 0.717) is 6.04 Å². The van der Waals surface area contributed by atoms with Crippen molar-refractivity contribution in [3.63, 3.8) is 0 Å². The van der Waals surface area contributed by atoms with Gasteiger partial charge in [0.05, 0.1) is 15.2 Å². The third-order valence-corrected chi connectivity index (χ3v) is 5.19. The van der Waals surface area contributed by atoms with Gasteiger partial charge in [0, 0.05) is 18.3 Å². The third kappa shape index (κ3) is 2.96. The van der Waals surface area contributed by atoms with E-state index in [4.69, 9.17) is 0 Å². The molecule has 20 heavy (non-hydrogen) atoms. The second-order valence-corrected chi connectivity index (χ2v) is 7.25. The molecule has 1 fully saturated rings. The lowest BCUT2D eigenvalue weighted by Gasteiger charge is -2.34. The van der Waals surface area contributed by atoms with Crippen molar-refractivity contribution in [1.82, 2.24) is 9.88 Å². The quantitative estimate of drug-likeness (QED) is 0.933. The number of anilines is 1. The van der Waals surface area contributed by atoms with Crippen LogP contribution in [-0.4, -0.2) is 36.1 Å². The van der Waals surface area contributed by atoms with Crippen LogP contribution in [0.5, 0.6) is 0 Å². The summed E-state index contributed by atoms with van der Waals surface area (Å²) in [5, 5.41) is 4.82. The van der Waals surface area contributed by atoms with Gasteiger partial charge in [0.2, 0.25) is 0 Å². The Kier molecular flexibility index (Phi) is 3.94. The fourth-order valence-corrected chi connectivity index (χ4v) is 3.99. The van der Waals surface area contributed by atoms with Crippen LogP contribution < -0.4 is 5.32 Å². The largest absolute Gasteiger partial charge is 0.382 e. The van der Waals surface area contributed by atoms with Crippen LogP contribution in [0, 0.1) is 12.8 Å². The Morgan fingerprint density at radius 1 is 1.45 bits per heavy atom. The molecule has 2 unspecified atom stereocenters. The summed E-state index contributed by atoms with van der Waals surface area (Å²) in [6, 6.07) is 7.04. The van der Waals surface area contributed by atoms with Crippen molar-refractivity contribution in [3.8, 4) is 0 Å². The summed E-state index contributed by atoms with van der Waals surface area (Å²) >= 11 is 1.77. The van der Waals surface area contributed by atoms with E-state index in [1.54, 1.807) is 11.3 Å². The van der Waals surface area contributed by atoms with Gasteiger partial charge in [0.15, 0.2) is 0 Å². The number of likely N-dealkylation sites (tertiary alicyclic amines) is 1. The van der Waals surface area contributed by atoms with E-state index in [9.17, 15) is 0 Å². The lowest BCUT2D eigenvalue weighted by atomic mass is 9.92. The molecule has 0 aliphatic carbocycles.